The van der Waals surface area contributed by atoms with Crippen molar-refractivity contribution in [2.24, 2.45) is 5.41 Å². The Kier molecular flexibility index (Phi) is 5.60. The Labute approximate surface area is 127 Å². The van der Waals surface area contributed by atoms with Crippen LogP contribution < -0.4 is 4.72 Å². The zero-order valence-corrected chi connectivity index (χ0v) is 14.7. The average molecular weight is 370 g/mol. The summed E-state index contributed by atoms with van der Waals surface area (Å²) in [7, 11) is -3.55. The highest BCUT2D eigenvalue weighted by molar-refractivity contribution is 9.11. The molecular formula is C12H20BrNO3S2. The van der Waals surface area contributed by atoms with Crippen molar-refractivity contribution in [1.82, 2.24) is 4.72 Å². The third-order valence-corrected chi connectivity index (χ3v) is 5.72. The monoisotopic (exact) mass is 369 g/mol. The van der Waals surface area contributed by atoms with Crippen molar-refractivity contribution >= 4 is 37.3 Å². The van der Waals surface area contributed by atoms with E-state index in [1.54, 1.807) is 13.0 Å². The minimum absolute atomic E-state index is 0.0342. The third kappa shape index (κ3) is 5.51. The molecule has 0 aliphatic rings. The maximum Gasteiger partial charge on any atom is 0.241 e. The van der Waals surface area contributed by atoms with Crippen LogP contribution in [0.4, 0.5) is 0 Å². The summed E-state index contributed by atoms with van der Waals surface area (Å²) in [5, 5.41) is 9.84. The molecule has 110 valence electrons. The Morgan fingerprint density at radius 1 is 1.47 bits per heavy atom. The van der Waals surface area contributed by atoms with Gasteiger partial charge in [0.15, 0.2) is 0 Å². The molecule has 2 N–H and O–H groups in total. The van der Waals surface area contributed by atoms with E-state index in [4.69, 9.17) is 0 Å². The molecule has 0 spiro atoms. The number of aryl methyl sites for hydroxylation is 1. The van der Waals surface area contributed by atoms with Crippen LogP contribution in [0.2, 0.25) is 0 Å². The molecule has 1 aromatic heterocycles. The van der Waals surface area contributed by atoms with Gasteiger partial charge in [0, 0.05) is 11.4 Å². The molecule has 4 nitrogen and oxygen atoms in total. The second kappa shape index (κ2) is 6.22. The van der Waals surface area contributed by atoms with E-state index in [1.165, 1.54) is 11.3 Å². The van der Waals surface area contributed by atoms with Crippen molar-refractivity contribution in [2.45, 2.75) is 45.1 Å². The van der Waals surface area contributed by atoms with E-state index in [2.05, 4.69) is 20.7 Å². The van der Waals surface area contributed by atoms with Crippen LogP contribution in [0.5, 0.6) is 0 Å². The van der Waals surface area contributed by atoms with Gasteiger partial charge in [0.05, 0.1) is 14.8 Å². The second-order valence-electron chi connectivity index (χ2n) is 5.74. The van der Waals surface area contributed by atoms with Crippen LogP contribution in [0, 0.1) is 12.3 Å². The van der Waals surface area contributed by atoms with Gasteiger partial charge in [-0.1, -0.05) is 20.8 Å². The van der Waals surface area contributed by atoms with E-state index in [-0.39, 0.29) is 16.9 Å². The number of aliphatic hydroxyl groups excluding tert-OH is 1. The number of halogens is 1. The van der Waals surface area contributed by atoms with E-state index in [1.807, 2.05) is 20.8 Å². The lowest BCUT2D eigenvalue weighted by Crippen LogP contribution is -2.34. The number of sulfonamides is 1. The third-order valence-electron chi connectivity index (χ3n) is 2.49. The normalized spacial score (nSPS) is 14.6. The van der Waals surface area contributed by atoms with E-state index in [0.29, 0.717) is 6.42 Å². The lowest BCUT2D eigenvalue weighted by atomic mass is 9.89. The summed E-state index contributed by atoms with van der Waals surface area (Å²) in [6.45, 7) is 7.81. The van der Waals surface area contributed by atoms with Gasteiger partial charge in [-0.15, -0.1) is 11.3 Å². The van der Waals surface area contributed by atoms with Crippen LogP contribution in [-0.4, -0.2) is 26.2 Å². The van der Waals surface area contributed by atoms with Gasteiger partial charge in [-0.05, 0) is 40.8 Å². The number of rotatable bonds is 5. The van der Waals surface area contributed by atoms with Crippen LogP contribution in [-0.2, 0) is 10.0 Å². The van der Waals surface area contributed by atoms with Gasteiger partial charge in [-0.3, -0.25) is 0 Å². The Balaban J connectivity index is 2.69. The van der Waals surface area contributed by atoms with Crippen molar-refractivity contribution in [1.29, 1.82) is 0 Å². The maximum atomic E-state index is 12.1. The SMILES string of the molecule is Cc1sc(Br)cc1S(=O)(=O)NCC(O)CC(C)(C)C. The molecule has 0 amide bonds. The maximum absolute atomic E-state index is 12.1. The standard InChI is InChI=1S/C12H20BrNO3S2/c1-8-10(5-11(13)18-8)19(16,17)14-7-9(15)6-12(2,3)4/h5,9,14-15H,6-7H2,1-4H3. The topological polar surface area (TPSA) is 66.4 Å². The van der Waals surface area contributed by atoms with Crippen molar-refractivity contribution in [3.63, 3.8) is 0 Å². The Morgan fingerprint density at radius 3 is 2.47 bits per heavy atom. The number of nitrogens with one attached hydrogen (secondary N) is 1. The minimum atomic E-state index is -3.55. The summed E-state index contributed by atoms with van der Waals surface area (Å²) >= 11 is 4.65. The molecule has 1 atom stereocenters. The molecule has 0 aromatic carbocycles. The van der Waals surface area contributed by atoms with Gasteiger partial charge in [0.25, 0.3) is 0 Å². The van der Waals surface area contributed by atoms with Gasteiger partial charge in [-0.2, -0.15) is 0 Å². The fourth-order valence-corrected chi connectivity index (χ4v) is 5.25. The summed E-state index contributed by atoms with van der Waals surface area (Å²) < 4.78 is 27.4. The van der Waals surface area contributed by atoms with Crippen LogP contribution >= 0.6 is 27.3 Å². The summed E-state index contributed by atoms with van der Waals surface area (Å²) in [6, 6.07) is 1.58. The predicted molar refractivity (Wildman–Crippen MR) is 82.0 cm³/mol. The number of hydrogen-bond acceptors (Lipinski definition) is 4. The van der Waals surface area contributed by atoms with Gasteiger partial charge in [0.1, 0.15) is 0 Å². The molecule has 0 fully saturated rings. The van der Waals surface area contributed by atoms with Crippen LogP contribution in [0.25, 0.3) is 0 Å². The molecule has 7 heteroatoms. The molecule has 0 saturated heterocycles. The Morgan fingerprint density at radius 2 is 2.05 bits per heavy atom. The van der Waals surface area contributed by atoms with Crippen molar-refractivity contribution in [2.75, 3.05) is 6.54 Å². The van der Waals surface area contributed by atoms with Gasteiger partial charge < -0.3 is 5.11 Å². The fraction of sp³-hybridized carbons (Fsp3) is 0.667. The van der Waals surface area contributed by atoms with Crippen LogP contribution in [0.1, 0.15) is 32.1 Å². The molecule has 1 heterocycles. The zero-order chi connectivity index (χ0) is 14.8. The van der Waals surface area contributed by atoms with Gasteiger partial charge in [0.2, 0.25) is 10.0 Å². The highest BCUT2D eigenvalue weighted by Crippen LogP contribution is 2.29. The van der Waals surface area contributed by atoms with E-state index < -0.39 is 16.1 Å². The zero-order valence-electron chi connectivity index (χ0n) is 11.5. The fourth-order valence-electron chi connectivity index (χ4n) is 1.76. The molecule has 0 radical (unpaired) electrons. The largest absolute Gasteiger partial charge is 0.392 e. The summed E-state index contributed by atoms with van der Waals surface area (Å²) in [5.74, 6) is 0. The molecule has 0 bridgehead atoms. The summed E-state index contributed by atoms with van der Waals surface area (Å²) in [4.78, 5) is 0.997. The van der Waals surface area contributed by atoms with Crippen molar-refractivity contribution in [3.05, 3.63) is 14.7 Å². The molecule has 0 saturated carbocycles. The molecule has 0 aliphatic heterocycles. The van der Waals surface area contributed by atoms with Crippen LogP contribution in [0.3, 0.4) is 0 Å². The second-order valence-corrected chi connectivity index (χ2v) is 10.1. The lowest BCUT2D eigenvalue weighted by molar-refractivity contribution is 0.125. The smallest absolute Gasteiger partial charge is 0.241 e. The highest BCUT2D eigenvalue weighted by Gasteiger charge is 2.22. The van der Waals surface area contributed by atoms with Crippen molar-refractivity contribution in [3.8, 4) is 0 Å². The van der Waals surface area contributed by atoms with Gasteiger partial charge in [-0.25, -0.2) is 13.1 Å². The molecule has 1 rings (SSSR count). The van der Waals surface area contributed by atoms with Crippen LogP contribution in [0.15, 0.2) is 14.7 Å². The molecule has 1 aromatic rings. The lowest BCUT2D eigenvalue weighted by Gasteiger charge is -2.22. The Hall–Kier alpha value is 0.0500. The van der Waals surface area contributed by atoms with E-state index >= 15 is 0 Å². The predicted octanol–water partition coefficient (Wildman–Crippen LogP) is 2.89. The summed E-state index contributed by atoms with van der Waals surface area (Å²) in [5.41, 5.74) is -0.0355. The van der Waals surface area contributed by atoms with E-state index in [9.17, 15) is 13.5 Å². The number of thiophene rings is 1. The van der Waals surface area contributed by atoms with E-state index in [0.717, 1.165) is 8.66 Å². The first-order valence-corrected chi connectivity index (χ1v) is 9.04. The molecule has 1 unspecified atom stereocenters. The van der Waals surface area contributed by atoms with Crippen molar-refractivity contribution < 1.29 is 13.5 Å². The first kappa shape index (κ1) is 17.1. The number of hydrogen-bond donors (Lipinski definition) is 2. The first-order valence-electron chi connectivity index (χ1n) is 5.95. The molecular weight excluding hydrogens is 350 g/mol. The minimum Gasteiger partial charge on any atom is -0.392 e. The summed E-state index contributed by atoms with van der Waals surface area (Å²) in [6.07, 6.45) is -0.140. The Bertz CT molecular complexity index is 532. The first-order chi connectivity index (χ1) is 8.51. The molecule has 19 heavy (non-hydrogen) atoms. The number of aliphatic hydroxyl groups is 1. The quantitative estimate of drug-likeness (QED) is 0.838. The molecule has 0 aliphatic carbocycles. The average Bonchev–Trinajstić information content (AvgIpc) is 2.53. The van der Waals surface area contributed by atoms with Gasteiger partial charge >= 0.3 is 0 Å². The highest BCUT2D eigenvalue weighted by atomic mass is 79.9.